The summed E-state index contributed by atoms with van der Waals surface area (Å²) in [6.07, 6.45) is 4.20. The molecule has 0 unspecified atom stereocenters. The van der Waals surface area contributed by atoms with Crippen LogP contribution in [0.2, 0.25) is 0 Å². The van der Waals surface area contributed by atoms with Gasteiger partial charge >= 0.3 is 0 Å². The molecule has 1 heterocycles. The smallest absolute Gasteiger partial charge is 0.264 e. The van der Waals surface area contributed by atoms with Crippen molar-refractivity contribution >= 4 is 5.91 Å². The molecule has 0 aromatic carbocycles. The number of pyridine rings is 1. The predicted molar refractivity (Wildman–Crippen MR) is 83.4 cm³/mol. The number of carbonyl (C=O) groups excluding carboxylic acids is 1. The Labute approximate surface area is 129 Å². The van der Waals surface area contributed by atoms with Crippen molar-refractivity contribution in [1.29, 1.82) is 0 Å². The van der Waals surface area contributed by atoms with Crippen LogP contribution in [0.25, 0.3) is 0 Å². The van der Waals surface area contributed by atoms with Gasteiger partial charge in [0.2, 0.25) is 0 Å². The van der Waals surface area contributed by atoms with Crippen molar-refractivity contribution in [3.8, 4) is 5.75 Å². The number of hydrogen-bond acceptors (Lipinski definition) is 4. The molecule has 0 fully saturated rings. The van der Waals surface area contributed by atoms with Crippen molar-refractivity contribution in [2.45, 2.75) is 52.1 Å². The van der Waals surface area contributed by atoms with E-state index in [1.54, 1.807) is 0 Å². The predicted octanol–water partition coefficient (Wildman–Crippen LogP) is 1.50. The second-order valence-corrected chi connectivity index (χ2v) is 5.87. The highest BCUT2D eigenvalue weighted by Crippen LogP contribution is 2.28. The molecule has 0 spiro atoms. The van der Waals surface area contributed by atoms with E-state index in [4.69, 9.17) is 4.74 Å². The summed E-state index contributed by atoms with van der Waals surface area (Å²) in [5.41, 5.74) is 0.772. The molecule has 2 rings (SSSR count). The van der Waals surface area contributed by atoms with Crippen LogP contribution in [-0.4, -0.2) is 35.3 Å². The second kappa shape index (κ2) is 7.45. The van der Waals surface area contributed by atoms with Crippen LogP contribution in [0.1, 0.15) is 54.7 Å². The normalized spacial score (nSPS) is 14.0. The minimum Gasteiger partial charge on any atom is -0.507 e. The summed E-state index contributed by atoms with van der Waals surface area (Å²) < 4.78 is 5.38. The molecule has 0 aliphatic heterocycles. The van der Waals surface area contributed by atoms with Crippen molar-refractivity contribution in [3.05, 3.63) is 27.2 Å². The van der Waals surface area contributed by atoms with Gasteiger partial charge in [-0.25, -0.2) is 0 Å². The lowest BCUT2D eigenvalue weighted by molar-refractivity contribution is 0.0756. The number of carbonyl (C=O) groups is 1. The molecule has 0 radical (unpaired) electrons. The number of fused-ring (bicyclic) bond motifs is 1. The van der Waals surface area contributed by atoms with Gasteiger partial charge in [-0.05, 0) is 46.0 Å². The van der Waals surface area contributed by atoms with Gasteiger partial charge in [0.15, 0.2) is 0 Å². The summed E-state index contributed by atoms with van der Waals surface area (Å²) in [5.74, 6) is -0.689. The van der Waals surface area contributed by atoms with E-state index in [2.05, 4.69) is 10.3 Å². The highest BCUT2D eigenvalue weighted by Gasteiger charge is 2.23. The monoisotopic (exact) mass is 308 g/mol. The molecule has 1 aromatic rings. The molecule has 3 N–H and O–H groups in total. The summed E-state index contributed by atoms with van der Waals surface area (Å²) >= 11 is 0. The number of aromatic hydroxyl groups is 1. The van der Waals surface area contributed by atoms with Gasteiger partial charge in [-0.15, -0.1) is 0 Å². The van der Waals surface area contributed by atoms with Crippen LogP contribution in [0.3, 0.4) is 0 Å². The third kappa shape index (κ3) is 3.88. The molecule has 6 heteroatoms. The van der Waals surface area contributed by atoms with Crippen LogP contribution >= 0.6 is 0 Å². The first-order valence-corrected chi connectivity index (χ1v) is 7.87. The number of aryl methyl sites for hydroxylation is 1. The van der Waals surface area contributed by atoms with Gasteiger partial charge in [0, 0.05) is 24.4 Å². The van der Waals surface area contributed by atoms with Crippen LogP contribution < -0.4 is 10.9 Å². The molecule has 1 aromatic heterocycles. The zero-order chi connectivity index (χ0) is 16.1. The lowest BCUT2D eigenvalue weighted by Crippen LogP contribution is -2.32. The van der Waals surface area contributed by atoms with Gasteiger partial charge < -0.3 is 20.1 Å². The van der Waals surface area contributed by atoms with E-state index in [1.807, 2.05) is 13.8 Å². The van der Waals surface area contributed by atoms with E-state index in [1.165, 1.54) is 0 Å². The molecule has 22 heavy (non-hydrogen) atoms. The number of hydrogen-bond donors (Lipinski definition) is 3. The number of H-pyrrole nitrogens is 1. The number of amides is 1. The molecule has 122 valence electrons. The fourth-order valence-corrected chi connectivity index (χ4v) is 2.65. The van der Waals surface area contributed by atoms with E-state index in [9.17, 15) is 14.7 Å². The summed E-state index contributed by atoms with van der Waals surface area (Å²) in [4.78, 5) is 26.9. The Morgan fingerprint density at radius 1 is 1.36 bits per heavy atom. The number of ether oxygens (including phenoxy) is 1. The van der Waals surface area contributed by atoms with Crippen molar-refractivity contribution < 1.29 is 14.6 Å². The van der Waals surface area contributed by atoms with E-state index in [-0.39, 0.29) is 17.4 Å². The maximum absolute atomic E-state index is 12.1. The zero-order valence-corrected chi connectivity index (χ0v) is 13.2. The number of aromatic amines is 1. The Morgan fingerprint density at radius 3 is 2.82 bits per heavy atom. The maximum atomic E-state index is 12.1. The molecule has 0 saturated carbocycles. The van der Waals surface area contributed by atoms with E-state index in [0.717, 1.165) is 25.0 Å². The van der Waals surface area contributed by atoms with Crippen LogP contribution in [-0.2, 0) is 17.6 Å². The lowest BCUT2D eigenvalue weighted by atomic mass is 9.93. The average molecular weight is 308 g/mol. The van der Waals surface area contributed by atoms with Gasteiger partial charge in [0.25, 0.3) is 11.5 Å². The number of rotatable bonds is 6. The second-order valence-electron chi connectivity index (χ2n) is 5.87. The summed E-state index contributed by atoms with van der Waals surface area (Å²) in [7, 11) is 0. The van der Waals surface area contributed by atoms with Gasteiger partial charge in [-0.3, -0.25) is 9.59 Å². The Morgan fingerprint density at radius 2 is 2.09 bits per heavy atom. The molecule has 1 amide bonds. The lowest BCUT2D eigenvalue weighted by Gasteiger charge is -2.18. The van der Waals surface area contributed by atoms with E-state index in [0.29, 0.717) is 31.6 Å². The minimum atomic E-state index is -0.531. The first-order chi connectivity index (χ1) is 10.5. The molecule has 0 saturated heterocycles. The van der Waals surface area contributed by atoms with Crippen LogP contribution in [0.5, 0.6) is 5.75 Å². The maximum Gasteiger partial charge on any atom is 0.264 e. The van der Waals surface area contributed by atoms with Gasteiger partial charge in [0.05, 0.1) is 6.10 Å². The molecule has 6 nitrogen and oxygen atoms in total. The summed E-state index contributed by atoms with van der Waals surface area (Å²) in [6, 6.07) is 0. The average Bonchev–Trinajstić information content (AvgIpc) is 2.46. The molecule has 0 atom stereocenters. The molecular formula is C16H24N2O4. The van der Waals surface area contributed by atoms with Crippen LogP contribution in [0.15, 0.2) is 4.79 Å². The largest absolute Gasteiger partial charge is 0.507 e. The van der Waals surface area contributed by atoms with Crippen LogP contribution in [0, 0.1) is 0 Å². The zero-order valence-electron chi connectivity index (χ0n) is 13.2. The van der Waals surface area contributed by atoms with Crippen molar-refractivity contribution in [2.75, 3.05) is 13.2 Å². The molecule has 1 aliphatic carbocycles. The quantitative estimate of drug-likeness (QED) is 0.695. The third-order valence-corrected chi connectivity index (χ3v) is 3.77. The van der Waals surface area contributed by atoms with Crippen molar-refractivity contribution in [1.82, 2.24) is 10.3 Å². The SMILES string of the molecule is CC(C)OCCCNC(=O)c1c(O)c2c([nH]c1=O)CCCC2. The standard InChI is InChI=1S/C16H24N2O4/c1-10(2)22-9-5-8-17-15(20)13-14(19)11-6-3-4-7-12(11)18-16(13)21/h10H,3-9H2,1-2H3,(H,17,20)(H2,18,19,21). The Hall–Kier alpha value is -1.82. The summed E-state index contributed by atoms with van der Waals surface area (Å²) in [6.45, 7) is 4.85. The minimum absolute atomic E-state index is 0.156. The highest BCUT2D eigenvalue weighted by atomic mass is 16.5. The topological polar surface area (TPSA) is 91.4 Å². The van der Waals surface area contributed by atoms with Gasteiger partial charge in [0.1, 0.15) is 11.3 Å². The number of aromatic nitrogens is 1. The molecule has 0 bridgehead atoms. The highest BCUT2D eigenvalue weighted by molar-refractivity contribution is 5.96. The van der Waals surface area contributed by atoms with Gasteiger partial charge in [-0.2, -0.15) is 0 Å². The van der Waals surface area contributed by atoms with Crippen LogP contribution in [0.4, 0.5) is 0 Å². The van der Waals surface area contributed by atoms with Crippen molar-refractivity contribution in [2.24, 2.45) is 0 Å². The molecule has 1 aliphatic rings. The Balaban J connectivity index is 2.02. The van der Waals surface area contributed by atoms with Crippen molar-refractivity contribution in [3.63, 3.8) is 0 Å². The third-order valence-electron chi connectivity index (χ3n) is 3.77. The summed E-state index contributed by atoms with van der Waals surface area (Å²) in [5, 5.41) is 12.9. The van der Waals surface area contributed by atoms with Gasteiger partial charge in [-0.1, -0.05) is 0 Å². The first-order valence-electron chi connectivity index (χ1n) is 7.87. The number of nitrogens with one attached hydrogen (secondary N) is 2. The molecular weight excluding hydrogens is 284 g/mol. The fourth-order valence-electron chi connectivity index (χ4n) is 2.65. The van der Waals surface area contributed by atoms with E-state index >= 15 is 0 Å². The Kier molecular flexibility index (Phi) is 5.60. The fraction of sp³-hybridized carbons (Fsp3) is 0.625. The van der Waals surface area contributed by atoms with E-state index < -0.39 is 11.5 Å². The first kappa shape index (κ1) is 16.5. The Bertz CT molecular complexity index is 593.